The van der Waals surface area contributed by atoms with Gasteiger partial charge in [-0.25, -0.2) is 0 Å². The number of aliphatic hydroxyl groups is 4. The molecule has 0 saturated carbocycles. The van der Waals surface area contributed by atoms with Crippen molar-refractivity contribution in [2.24, 2.45) is 0 Å². The van der Waals surface area contributed by atoms with Crippen molar-refractivity contribution >= 4 is 5.91 Å². The van der Waals surface area contributed by atoms with Crippen molar-refractivity contribution in [1.82, 2.24) is 5.32 Å². The molecule has 4 atom stereocenters. The van der Waals surface area contributed by atoms with Crippen molar-refractivity contribution in [3.8, 4) is 0 Å². The Labute approximate surface area is 272 Å². The van der Waals surface area contributed by atoms with Crippen LogP contribution in [0.15, 0.2) is 24.3 Å². The molecule has 1 amide bonds. The van der Waals surface area contributed by atoms with Crippen LogP contribution in [0.1, 0.15) is 181 Å². The summed E-state index contributed by atoms with van der Waals surface area (Å²) in [6, 6.07) is -1.01. The SMILES string of the molecule is CCCCCCCC/C=C\CCCCC(O)C(=O)NC(CO)C(O)C(O)CCC/C=C/CCCCCCCCCCCCC. The Morgan fingerprint density at radius 3 is 1.36 bits per heavy atom. The standard InChI is InChI=1S/C38H73NO5/c1-3-5-7-9-11-13-15-17-18-19-20-22-23-25-27-29-31-35(41)37(43)34(33-40)39-38(44)36(42)32-30-28-26-24-21-16-14-12-10-8-6-4-2/h21,23-25,34-37,40-43H,3-20,22,26-33H2,1-2H3,(H,39,44)/b24-21-,25-23+. The summed E-state index contributed by atoms with van der Waals surface area (Å²) in [5, 5.41) is 43.3. The molecule has 0 aromatic heterocycles. The van der Waals surface area contributed by atoms with Gasteiger partial charge in [0.25, 0.3) is 0 Å². The first-order valence-electron chi connectivity index (χ1n) is 18.7. The van der Waals surface area contributed by atoms with Crippen LogP contribution in [0.3, 0.4) is 0 Å². The van der Waals surface area contributed by atoms with E-state index >= 15 is 0 Å². The second-order valence-corrected chi connectivity index (χ2v) is 12.9. The van der Waals surface area contributed by atoms with E-state index in [0.29, 0.717) is 12.8 Å². The zero-order valence-corrected chi connectivity index (χ0v) is 28.9. The smallest absolute Gasteiger partial charge is 0.249 e. The van der Waals surface area contributed by atoms with Gasteiger partial charge >= 0.3 is 0 Å². The van der Waals surface area contributed by atoms with Gasteiger partial charge in [-0.05, 0) is 64.2 Å². The molecule has 0 aliphatic carbocycles. The van der Waals surface area contributed by atoms with Crippen LogP contribution < -0.4 is 5.32 Å². The second-order valence-electron chi connectivity index (χ2n) is 12.9. The van der Waals surface area contributed by atoms with Crippen molar-refractivity contribution in [2.75, 3.05) is 6.61 Å². The maximum Gasteiger partial charge on any atom is 0.249 e. The van der Waals surface area contributed by atoms with Crippen LogP contribution in [0.25, 0.3) is 0 Å². The Bertz CT molecular complexity index is 668. The average Bonchev–Trinajstić information content (AvgIpc) is 3.03. The van der Waals surface area contributed by atoms with Gasteiger partial charge in [0.2, 0.25) is 5.91 Å². The highest BCUT2D eigenvalue weighted by molar-refractivity contribution is 5.80. The fraction of sp³-hybridized carbons (Fsp3) is 0.868. The topological polar surface area (TPSA) is 110 Å². The monoisotopic (exact) mass is 624 g/mol. The van der Waals surface area contributed by atoms with Crippen LogP contribution in [-0.2, 0) is 4.79 Å². The summed E-state index contributed by atoms with van der Waals surface area (Å²) in [6.45, 7) is 3.99. The number of allylic oxidation sites excluding steroid dienone is 4. The number of carbonyl (C=O) groups is 1. The van der Waals surface area contributed by atoms with Crippen LogP contribution in [-0.4, -0.2) is 57.3 Å². The lowest BCUT2D eigenvalue weighted by atomic mass is 10.00. The van der Waals surface area contributed by atoms with Crippen LogP contribution in [0.4, 0.5) is 0 Å². The molecule has 0 fully saturated rings. The van der Waals surface area contributed by atoms with E-state index < -0.39 is 36.9 Å². The van der Waals surface area contributed by atoms with E-state index in [9.17, 15) is 25.2 Å². The van der Waals surface area contributed by atoms with Crippen LogP contribution in [0.2, 0.25) is 0 Å². The number of nitrogens with one attached hydrogen (secondary N) is 1. The Morgan fingerprint density at radius 2 is 0.932 bits per heavy atom. The predicted octanol–water partition coefficient (Wildman–Crippen LogP) is 8.84. The van der Waals surface area contributed by atoms with Gasteiger partial charge in [0.1, 0.15) is 12.2 Å². The highest BCUT2D eigenvalue weighted by Crippen LogP contribution is 2.14. The highest BCUT2D eigenvalue weighted by atomic mass is 16.3. The molecule has 44 heavy (non-hydrogen) atoms. The second kappa shape index (κ2) is 33.2. The number of unbranched alkanes of at least 4 members (excludes halogenated alkanes) is 20. The molecule has 0 aliphatic rings. The summed E-state index contributed by atoms with van der Waals surface area (Å²) >= 11 is 0. The predicted molar refractivity (Wildman–Crippen MR) is 187 cm³/mol. The summed E-state index contributed by atoms with van der Waals surface area (Å²) in [6.07, 6.45) is 34.9. The van der Waals surface area contributed by atoms with E-state index in [-0.39, 0.29) is 0 Å². The van der Waals surface area contributed by atoms with E-state index in [4.69, 9.17) is 0 Å². The minimum Gasteiger partial charge on any atom is -0.394 e. The molecule has 0 heterocycles. The fourth-order valence-electron chi connectivity index (χ4n) is 5.57. The molecular formula is C38H73NO5. The highest BCUT2D eigenvalue weighted by Gasteiger charge is 2.28. The fourth-order valence-corrected chi connectivity index (χ4v) is 5.57. The minimum atomic E-state index is -1.28. The van der Waals surface area contributed by atoms with E-state index in [1.807, 2.05) is 0 Å². The summed E-state index contributed by atoms with van der Waals surface area (Å²) in [5.74, 6) is -0.612. The quantitative estimate of drug-likeness (QED) is 0.0371. The largest absolute Gasteiger partial charge is 0.394 e. The van der Waals surface area contributed by atoms with Crippen LogP contribution in [0.5, 0.6) is 0 Å². The number of carbonyl (C=O) groups excluding carboxylic acids is 1. The summed E-state index contributed by atoms with van der Waals surface area (Å²) < 4.78 is 0. The molecule has 0 aromatic carbocycles. The minimum absolute atomic E-state index is 0.333. The van der Waals surface area contributed by atoms with Gasteiger partial charge in [-0.1, -0.05) is 141 Å². The third-order valence-corrected chi connectivity index (χ3v) is 8.63. The number of hydrogen-bond acceptors (Lipinski definition) is 5. The van der Waals surface area contributed by atoms with Gasteiger partial charge in [-0.15, -0.1) is 0 Å². The van der Waals surface area contributed by atoms with Gasteiger partial charge in [-0.2, -0.15) is 0 Å². The first-order chi connectivity index (χ1) is 21.5. The summed E-state index contributed by atoms with van der Waals surface area (Å²) in [7, 11) is 0. The number of hydrogen-bond donors (Lipinski definition) is 5. The maximum absolute atomic E-state index is 12.4. The normalized spacial score (nSPS) is 14.8. The van der Waals surface area contributed by atoms with Gasteiger partial charge in [0.15, 0.2) is 0 Å². The Kier molecular flexibility index (Phi) is 32.2. The Morgan fingerprint density at radius 1 is 0.545 bits per heavy atom. The first-order valence-corrected chi connectivity index (χ1v) is 18.7. The van der Waals surface area contributed by atoms with E-state index in [0.717, 1.165) is 44.9 Å². The van der Waals surface area contributed by atoms with Crippen molar-refractivity contribution in [3.63, 3.8) is 0 Å². The Balaban J connectivity index is 3.88. The van der Waals surface area contributed by atoms with Crippen molar-refractivity contribution < 1.29 is 25.2 Å². The van der Waals surface area contributed by atoms with Crippen molar-refractivity contribution in [2.45, 2.75) is 205 Å². The number of amides is 1. The molecule has 5 N–H and O–H groups in total. The summed E-state index contributed by atoms with van der Waals surface area (Å²) in [4.78, 5) is 12.4. The molecule has 0 aliphatic heterocycles. The molecular weight excluding hydrogens is 550 g/mol. The van der Waals surface area contributed by atoms with Gasteiger partial charge in [0.05, 0.1) is 18.8 Å². The molecule has 0 spiro atoms. The van der Waals surface area contributed by atoms with E-state index in [2.05, 4.69) is 43.5 Å². The maximum atomic E-state index is 12.4. The van der Waals surface area contributed by atoms with E-state index in [1.54, 1.807) is 0 Å². The lowest BCUT2D eigenvalue weighted by Gasteiger charge is -2.27. The average molecular weight is 624 g/mol. The zero-order valence-electron chi connectivity index (χ0n) is 28.9. The Hall–Kier alpha value is -1.21. The lowest BCUT2D eigenvalue weighted by molar-refractivity contribution is -0.132. The molecule has 0 saturated heterocycles. The third-order valence-electron chi connectivity index (χ3n) is 8.63. The molecule has 0 rings (SSSR count). The third kappa shape index (κ3) is 27.1. The van der Waals surface area contributed by atoms with Gasteiger partial charge < -0.3 is 25.7 Å². The molecule has 0 bridgehead atoms. The van der Waals surface area contributed by atoms with Gasteiger partial charge in [-0.3, -0.25) is 4.79 Å². The zero-order chi connectivity index (χ0) is 32.5. The summed E-state index contributed by atoms with van der Waals surface area (Å²) in [5.41, 5.74) is 0. The molecule has 0 aromatic rings. The van der Waals surface area contributed by atoms with Crippen molar-refractivity contribution in [3.05, 3.63) is 24.3 Å². The number of rotatable bonds is 33. The van der Waals surface area contributed by atoms with Crippen LogP contribution >= 0.6 is 0 Å². The number of aliphatic hydroxyl groups excluding tert-OH is 4. The molecule has 6 nitrogen and oxygen atoms in total. The first kappa shape index (κ1) is 42.8. The van der Waals surface area contributed by atoms with Crippen LogP contribution in [0, 0.1) is 0 Å². The molecule has 4 unspecified atom stereocenters. The van der Waals surface area contributed by atoms with E-state index in [1.165, 1.54) is 109 Å². The van der Waals surface area contributed by atoms with Gasteiger partial charge in [0, 0.05) is 0 Å². The van der Waals surface area contributed by atoms with Crippen molar-refractivity contribution in [1.29, 1.82) is 0 Å². The molecule has 260 valence electrons. The lowest BCUT2D eigenvalue weighted by Crippen LogP contribution is -2.53. The molecule has 6 heteroatoms. The molecule has 0 radical (unpaired) electrons.